The van der Waals surface area contributed by atoms with Crippen LogP contribution in [0.3, 0.4) is 0 Å². The van der Waals surface area contributed by atoms with Crippen LogP contribution in [0.25, 0.3) is 0 Å². The summed E-state index contributed by atoms with van der Waals surface area (Å²) < 4.78 is 0. The number of H-pyrrole nitrogens is 1. The number of pyridine rings is 1. The van der Waals surface area contributed by atoms with Crippen molar-refractivity contribution in [3.8, 4) is 0 Å². The van der Waals surface area contributed by atoms with E-state index < -0.39 is 0 Å². The number of rotatable bonds is 2. The Balaban J connectivity index is 1.78. The molecule has 0 radical (unpaired) electrons. The summed E-state index contributed by atoms with van der Waals surface area (Å²) in [4.78, 5) is 30.0. The third kappa shape index (κ3) is 3.30. The minimum Gasteiger partial charge on any atom is -0.341 e. The van der Waals surface area contributed by atoms with E-state index in [1.165, 1.54) is 11.1 Å². The monoisotopic (exact) mass is 376 g/mol. The molecular weight excluding hydrogens is 356 g/mol. The molecule has 1 aromatic heterocycles. The lowest BCUT2D eigenvalue weighted by Gasteiger charge is -2.29. The highest BCUT2D eigenvalue weighted by Crippen LogP contribution is 2.45. The quantitative estimate of drug-likeness (QED) is 0.702. The number of benzene rings is 2. The number of fused-ring (bicyclic) bond motifs is 2. The van der Waals surface area contributed by atoms with Crippen LogP contribution in [0.4, 0.5) is 0 Å². The topological polar surface area (TPSA) is 62.0 Å². The number of hydrogen-bond acceptors (Lipinski definition) is 3. The molecular formula is C22H20N2O2S. The number of amides is 1. The molecule has 0 unspecified atom stereocenters. The number of hydrogen-bond donors (Lipinski definition) is 2. The second kappa shape index (κ2) is 6.74. The number of carbonyl (C=O) groups is 1. The van der Waals surface area contributed by atoms with E-state index in [2.05, 4.69) is 60.5 Å². The lowest BCUT2D eigenvalue weighted by Crippen LogP contribution is -2.34. The first-order chi connectivity index (χ1) is 12.9. The highest BCUT2D eigenvalue weighted by Gasteiger charge is 2.28. The first kappa shape index (κ1) is 17.6. The molecule has 0 spiro atoms. The summed E-state index contributed by atoms with van der Waals surface area (Å²) in [7, 11) is 0. The Hall–Kier alpha value is -2.79. The Kier molecular flexibility index (Phi) is 4.40. The highest BCUT2D eigenvalue weighted by molar-refractivity contribution is 7.99. The summed E-state index contributed by atoms with van der Waals surface area (Å²) in [6, 6.07) is 15.5. The molecule has 0 saturated heterocycles. The molecule has 5 heteroatoms. The van der Waals surface area contributed by atoms with Crippen molar-refractivity contribution in [2.24, 2.45) is 0 Å². The fourth-order valence-electron chi connectivity index (χ4n) is 3.34. The van der Waals surface area contributed by atoms with E-state index in [1.807, 2.05) is 0 Å². The normalized spacial score (nSPS) is 13.0. The number of aromatic nitrogens is 1. The van der Waals surface area contributed by atoms with Gasteiger partial charge in [0, 0.05) is 15.5 Å². The van der Waals surface area contributed by atoms with Gasteiger partial charge in [0.25, 0.3) is 11.5 Å². The third-order valence-corrected chi connectivity index (χ3v) is 5.90. The van der Waals surface area contributed by atoms with E-state index in [0.717, 1.165) is 26.6 Å². The molecule has 0 aliphatic carbocycles. The summed E-state index contributed by atoms with van der Waals surface area (Å²) in [6.45, 7) is 5.91. The maximum absolute atomic E-state index is 12.9. The zero-order chi connectivity index (χ0) is 19.1. The van der Waals surface area contributed by atoms with Crippen LogP contribution in [-0.2, 0) is 0 Å². The molecule has 3 aromatic rings. The van der Waals surface area contributed by atoms with Crippen LogP contribution in [0.5, 0.6) is 0 Å². The van der Waals surface area contributed by atoms with Crippen molar-refractivity contribution in [2.45, 2.75) is 36.6 Å². The summed E-state index contributed by atoms with van der Waals surface area (Å²) in [6.07, 6.45) is 0. The Morgan fingerprint density at radius 3 is 2.07 bits per heavy atom. The largest absolute Gasteiger partial charge is 0.341 e. The van der Waals surface area contributed by atoms with Gasteiger partial charge in [-0.05, 0) is 67.3 Å². The van der Waals surface area contributed by atoms with Gasteiger partial charge in [0.05, 0.1) is 6.04 Å². The second-order valence-corrected chi connectivity index (χ2v) is 8.06. The van der Waals surface area contributed by atoms with Crippen LogP contribution in [0, 0.1) is 20.8 Å². The van der Waals surface area contributed by atoms with Gasteiger partial charge in [0.2, 0.25) is 0 Å². The number of aromatic amines is 1. The lowest BCUT2D eigenvalue weighted by atomic mass is 9.95. The van der Waals surface area contributed by atoms with Crippen molar-refractivity contribution >= 4 is 17.7 Å². The molecule has 4 rings (SSSR count). The minimum absolute atomic E-state index is 0.126. The van der Waals surface area contributed by atoms with Gasteiger partial charge in [-0.2, -0.15) is 0 Å². The molecule has 0 saturated carbocycles. The molecule has 0 atom stereocenters. The average Bonchev–Trinajstić information content (AvgIpc) is 2.60. The molecule has 2 aromatic carbocycles. The van der Waals surface area contributed by atoms with Gasteiger partial charge in [-0.25, -0.2) is 0 Å². The molecule has 136 valence electrons. The smallest absolute Gasteiger partial charge is 0.260 e. The Morgan fingerprint density at radius 1 is 0.926 bits per heavy atom. The van der Waals surface area contributed by atoms with Crippen LogP contribution < -0.4 is 10.9 Å². The van der Waals surface area contributed by atoms with E-state index in [9.17, 15) is 9.59 Å². The molecule has 1 amide bonds. The van der Waals surface area contributed by atoms with Crippen LogP contribution in [0.15, 0.2) is 63.1 Å². The average molecular weight is 376 g/mol. The zero-order valence-corrected chi connectivity index (χ0v) is 16.2. The molecule has 1 aliphatic heterocycles. The summed E-state index contributed by atoms with van der Waals surface area (Å²) in [5, 5.41) is 3.07. The second-order valence-electron chi connectivity index (χ2n) is 6.98. The first-order valence-electron chi connectivity index (χ1n) is 8.82. The van der Waals surface area contributed by atoms with Gasteiger partial charge >= 0.3 is 0 Å². The van der Waals surface area contributed by atoms with Crippen LogP contribution >= 0.6 is 11.8 Å². The maximum Gasteiger partial charge on any atom is 0.260 e. The standard InChI is InChI=1S/C22H20N2O2S/c1-12-4-7-15-18(10-12)27-19-11-13(2)5-8-16(19)20(15)24-22(26)17-9-6-14(3)23-21(17)25/h4-11,20H,1-3H3,(H,23,25)(H,24,26). The van der Waals surface area contributed by atoms with E-state index in [4.69, 9.17) is 0 Å². The first-order valence-corrected chi connectivity index (χ1v) is 9.64. The van der Waals surface area contributed by atoms with Crippen LogP contribution in [0.2, 0.25) is 0 Å². The molecule has 1 aliphatic rings. The van der Waals surface area contributed by atoms with Crippen LogP contribution in [0.1, 0.15) is 44.3 Å². The van der Waals surface area contributed by atoms with Gasteiger partial charge in [-0.1, -0.05) is 36.0 Å². The molecule has 2 heterocycles. The van der Waals surface area contributed by atoms with Crippen molar-refractivity contribution in [1.29, 1.82) is 0 Å². The molecule has 0 fully saturated rings. The summed E-state index contributed by atoms with van der Waals surface area (Å²) >= 11 is 1.72. The van der Waals surface area contributed by atoms with Gasteiger partial charge in [0.1, 0.15) is 5.56 Å². The van der Waals surface area contributed by atoms with Crippen LogP contribution in [-0.4, -0.2) is 10.9 Å². The van der Waals surface area contributed by atoms with Gasteiger partial charge in [-0.15, -0.1) is 0 Å². The third-order valence-electron chi connectivity index (χ3n) is 4.76. The Morgan fingerprint density at radius 2 is 1.52 bits per heavy atom. The maximum atomic E-state index is 12.9. The van der Waals surface area contributed by atoms with Gasteiger partial charge in [-0.3, -0.25) is 9.59 Å². The van der Waals surface area contributed by atoms with E-state index in [0.29, 0.717) is 0 Å². The van der Waals surface area contributed by atoms with Crippen molar-refractivity contribution < 1.29 is 4.79 Å². The van der Waals surface area contributed by atoms with Crippen molar-refractivity contribution in [2.75, 3.05) is 0 Å². The Bertz CT molecular complexity index is 1070. The summed E-state index contributed by atoms with van der Waals surface area (Å²) in [5.41, 5.74) is 4.95. The summed E-state index contributed by atoms with van der Waals surface area (Å²) in [5.74, 6) is -0.369. The van der Waals surface area contributed by atoms with Gasteiger partial charge < -0.3 is 10.3 Å². The lowest BCUT2D eigenvalue weighted by molar-refractivity contribution is 0.0940. The zero-order valence-electron chi connectivity index (χ0n) is 15.4. The highest BCUT2D eigenvalue weighted by atomic mass is 32.2. The number of nitrogens with one attached hydrogen (secondary N) is 2. The molecule has 0 bridgehead atoms. The van der Waals surface area contributed by atoms with E-state index >= 15 is 0 Å². The number of aryl methyl sites for hydroxylation is 3. The van der Waals surface area contributed by atoms with Crippen molar-refractivity contribution in [1.82, 2.24) is 10.3 Å². The van der Waals surface area contributed by atoms with Crippen molar-refractivity contribution in [3.63, 3.8) is 0 Å². The van der Waals surface area contributed by atoms with E-state index in [-0.39, 0.29) is 23.1 Å². The Labute approximate surface area is 162 Å². The predicted molar refractivity (Wildman–Crippen MR) is 108 cm³/mol. The molecule has 4 nitrogen and oxygen atoms in total. The predicted octanol–water partition coefficient (Wildman–Crippen LogP) is 4.28. The van der Waals surface area contributed by atoms with Gasteiger partial charge in [0.15, 0.2) is 0 Å². The van der Waals surface area contributed by atoms with Crippen molar-refractivity contribution in [3.05, 3.63) is 92.4 Å². The molecule has 2 N–H and O–H groups in total. The fraction of sp³-hybridized carbons (Fsp3) is 0.182. The SMILES string of the molecule is Cc1ccc2c(c1)Sc1cc(C)ccc1C2NC(=O)c1ccc(C)[nH]c1=O. The fourth-order valence-corrected chi connectivity index (χ4v) is 4.67. The minimum atomic E-state index is -0.369. The number of carbonyl (C=O) groups excluding carboxylic acids is 1. The molecule has 27 heavy (non-hydrogen) atoms. The van der Waals surface area contributed by atoms with E-state index in [1.54, 1.807) is 30.8 Å².